The minimum Gasteiger partial charge on any atom is -0.465 e. The minimum absolute atomic E-state index is 0.0229. The van der Waals surface area contributed by atoms with E-state index in [1.807, 2.05) is 41.8 Å². The van der Waals surface area contributed by atoms with Crippen LogP contribution in [0, 0.1) is 6.92 Å². The molecular weight excluding hydrogens is 268 g/mol. The Labute approximate surface area is 124 Å². The average Bonchev–Trinajstić information content (AvgIpc) is 2.75. The summed E-state index contributed by atoms with van der Waals surface area (Å²) in [4.78, 5) is 25.1. The van der Waals surface area contributed by atoms with Gasteiger partial charge in [-0.3, -0.25) is 9.59 Å². The Kier molecular flexibility index (Phi) is 4.62. The van der Waals surface area contributed by atoms with Gasteiger partial charge in [0, 0.05) is 18.3 Å². The van der Waals surface area contributed by atoms with E-state index in [4.69, 9.17) is 4.74 Å². The van der Waals surface area contributed by atoms with E-state index in [1.54, 1.807) is 14.0 Å². The molecule has 21 heavy (non-hydrogen) atoms. The molecule has 0 aliphatic heterocycles. The van der Waals surface area contributed by atoms with Crippen molar-refractivity contribution in [3.8, 4) is 0 Å². The summed E-state index contributed by atoms with van der Waals surface area (Å²) in [5, 5.41) is 1.11. The highest BCUT2D eigenvalue weighted by atomic mass is 16.5. The summed E-state index contributed by atoms with van der Waals surface area (Å²) in [5.74, 6) is -0.505. The molecule has 0 fully saturated rings. The normalized spacial score (nSPS) is 10.6. The molecule has 2 aromatic rings. The van der Waals surface area contributed by atoms with E-state index in [9.17, 15) is 9.59 Å². The van der Waals surface area contributed by atoms with E-state index in [2.05, 4.69) is 0 Å². The number of carbonyl (C=O) groups excluding carboxylic acids is 2. The lowest BCUT2D eigenvalue weighted by Gasteiger charge is -2.17. The van der Waals surface area contributed by atoms with Crippen molar-refractivity contribution in [1.82, 2.24) is 9.47 Å². The van der Waals surface area contributed by atoms with Crippen LogP contribution in [0.25, 0.3) is 10.9 Å². The topological polar surface area (TPSA) is 51.5 Å². The molecule has 0 aliphatic carbocycles. The first-order chi connectivity index (χ1) is 10.0. The number of benzene rings is 1. The van der Waals surface area contributed by atoms with Crippen LogP contribution in [0.5, 0.6) is 0 Å². The number of rotatable bonds is 5. The van der Waals surface area contributed by atoms with E-state index >= 15 is 0 Å². The molecule has 0 spiro atoms. The smallest absolute Gasteiger partial charge is 0.325 e. The zero-order chi connectivity index (χ0) is 15.4. The third kappa shape index (κ3) is 3.42. The number of ether oxygens (including phenoxy) is 1. The number of carbonyl (C=O) groups is 2. The van der Waals surface area contributed by atoms with Gasteiger partial charge in [0.15, 0.2) is 0 Å². The van der Waals surface area contributed by atoms with Gasteiger partial charge in [0.25, 0.3) is 0 Å². The molecule has 0 unspecified atom stereocenters. The molecule has 5 nitrogen and oxygen atoms in total. The average molecular weight is 288 g/mol. The highest BCUT2D eigenvalue weighted by Gasteiger charge is 2.16. The molecule has 5 heteroatoms. The highest BCUT2D eigenvalue weighted by molar-refractivity contribution is 5.85. The lowest BCUT2D eigenvalue weighted by Crippen LogP contribution is -2.35. The highest BCUT2D eigenvalue weighted by Crippen LogP contribution is 2.19. The summed E-state index contributed by atoms with van der Waals surface area (Å²) < 4.78 is 6.81. The standard InChI is InChI=1S/C16H20N2O3/c1-4-21-16(20)11-17(3)15(19)10-18-12(2)9-13-7-5-6-8-14(13)18/h5-9H,4,10-11H2,1-3H3. The molecule has 0 N–H and O–H groups in total. The zero-order valence-electron chi connectivity index (χ0n) is 12.6. The van der Waals surface area contributed by atoms with Crippen LogP contribution in [0.2, 0.25) is 0 Å². The maximum absolute atomic E-state index is 12.2. The molecule has 1 amide bonds. The van der Waals surface area contributed by atoms with Crippen LogP contribution in [0.4, 0.5) is 0 Å². The van der Waals surface area contributed by atoms with Gasteiger partial charge in [-0.15, -0.1) is 0 Å². The quantitative estimate of drug-likeness (QED) is 0.790. The first-order valence-electron chi connectivity index (χ1n) is 6.97. The lowest BCUT2D eigenvalue weighted by molar-refractivity contribution is -0.148. The first kappa shape index (κ1) is 15.1. The zero-order valence-corrected chi connectivity index (χ0v) is 12.6. The molecule has 0 bridgehead atoms. The molecule has 0 aliphatic rings. The van der Waals surface area contributed by atoms with E-state index in [0.717, 1.165) is 16.6 Å². The molecule has 1 aromatic carbocycles. The molecule has 0 saturated carbocycles. The summed E-state index contributed by atoms with van der Waals surface area (Å²) in [6, 6.07) is 9.98. The van der Waals surface area contributed by atoms with E-state index in [-0.39, 0.29) is 25.0 Å². The van der Waals surface area contributed by atoms with Crippen LogP contribution in [0.1, 0.15) is 12.6 Å². The lowest BCUT2D eigenvalue weighted by atomic mass is 10.2. The second kappa shape index (κ2) is 6.43. The summed E-state index contributed by atoms with van der Waals surface area (Å²) in [6.07, 6.45) is 0. The molecule has 112 valence electrons. The largest absolute Gasteiger partial charge is 0.465 e. The van der Waals surface area contributed by atoms with Gasteiger partial charge in [-0.2, -0.15) is 0 Å². The van der Waals surface area contributed by atoms with E-state index in [1.165, 1.54) is 4.90 Å². The van der Waals surface area contributed by atoms with Gasteiger partial charge in [0.2, 0.25) is 5.91 Å². The fourth-order valence-electron chi connectivity index (χ4n) is 2.30. The van der Waals surface area contributed by atoms with Crippen molar-refractivity contribution in [3.63, 3.8) is 0 Å². The number of aryl methyl sites for hydroxylation is 1. The summed E-state index contributed by atoms with van der Waals surface area (Å²) >= 11 is 0. The van der Waals surface area contributed by atoms with Gasteiger partial charge in [0.1, 0.15) is 13.1 Å². The number of hydrogen-bond donors (Lipinski definition) is 0. The van der Waals surface area contributed by atoms with Crippen LogP contribution in [0.3, 0.4) is 0 Å². The number of nitrogens with zero attached hydrogens (tertiary/aromatic N) is 2. The summed E-state index contributed by atoms with van der Waals surface area (Å²) in [7, 11) is 1.61. The molecule has 0 radical (unpaired) electrons. The van der Waals surface area contributed by atoms with Crippen LogP contribution < -0.4 is 0 Å². The predicted molar refractivity (Wildman–Crippen MR) is 80.9 cm³/mol. The Morgan fingerprint density at radius 1 is 1.29 bits per heavy atom. The minimum atomic E-state index is -0.387. The predicted octanol–water partition coefficient (Wildman–Crippen LogP) is 1.97. The van der Waals surface area contributed by atoms with Crippen LogP contribution in [-0.4, -0.2) is 41.5 Å². The van der Waals surface area contributed by atoms with Crippen molar-refractivity contribution in [2.45, 2.75) is 20.4 Å². The molecule has 1 heterocycles. The van der Waals surface area contributed by atoms with Gasteiger partial charge in [-0.1, -0.05) is 18.2 Å². The number of hydrogen-bond acceptors (Lipinski definition) is 3. The monoisotopic (exact) mass is 288 g/mol. The van der Waals surface area contributed by atoms with Gasteiger partial charge < -0.3 is 14.2 Å². The third-order valence-corrected chi connectivity index (χ3v) is 3.41. The number of fused-ring (bicyclic) bond motifs is 1. The fourth-order valence-corrected chi connectivity index (χ4v) is 2.30. The molecular formula is C16H20N2O3. The Bertz CT molecular complexity index is 661. The Hall–Kier alpha value is -2.30. The second-order valence-electron chi connectivity index (χ2n) is 4.99. The molecule has 1 aromatic heterocycles. The van der Waals surface area contributed by atoms with E-state index < -0.39 is 0 Å². The van der Waals surface area contributed by atoms with Crippen molar-refractivity contribution in [2.75, 3.05) is 20.2 Å². The fraction of sp³-hybridized carbons (Fsp3) is 0.375. The van der Waals surface area contributed by atoms with Crippen LogP contribution in [-0.2, 0) is 20.9 Å². The Morgan fingerprint density at radius 2 is 2.00 bits per heavy atom. The van der Waals surface area contributed by atoms with Crippen molar-refractivity contribution in [2.24, 2.45) is 0 Å². The number of amides is 1. The number of para-hydroxylation sites is 1. The summed E-state index contributed by atoms with van der Waals surface area (Å²) in [6.45, 7) is 4.23. The number of aromatic nitrogens is 1. The van der Waals surface area contributed by atoms with Crippen molar-refractivity contribution >= 4 is 22.8 Å². The number of esters is 1. The molecule has 2 rings (SSSR count). The van der Waals surface area contributed by atoms with Gasteiger partial charge in [-0.05, 0) is 31.4 Å². The first-order valence-corrected chi connectivity index (χ1v) is 6.97. The van der Waals surface area contributed by atoms with Gasteiger partial charge in [-0.25, -0.2) is 0 Å². The second-order valence-corrected chi connectivity index (χ2v) is 4.99. The van der Waals surface area contributed by atoms with Gasteiger partial charge >= 0.3 is 5.97 Å². The van der Waals surface area contributed by atoms with Crippen LogP contribution in [0.15, 0.2) is 30.3 Å². The molecule has 0 saturated heterocycles. The Balaban J connectivity index is 2.11. The molecule has 0 atom stereocenters. The van der Waals surface area contributed by atoms with E-state index in [0.29, 0.717) is 6.61 Å². The van der Waals surface area contributed by atoms with Crippen molar-refractivity contribution in [3.05, 3.63) is 36.0 Å². The van der Waals surface area contributed by atoms with Gasteiger partial charge in [0.05, 0.1) is 6.61 Å². The third-order valence-electron chi connectivity index (χ3n) is 3.41. The Morgan fingerprint density at radius 3 is 2.71 bits per heavy atom. The summed E-state index contributed by atoms with van der Waals surface area (Å²) in [5.41, 5.74) is 2.04. The maximum Gasteiger partial charge on any atom is 0.325 e. The van der Waals surface area contributed by atoms with Crippen molar-refractivity contribution < 1.29 is 14.3 Å². The number of likely N-dealkylation sites (N-methyl/N-ethyl adjacent to an activating group) is 1. The van der Waals surface area contributed by atoms with Crippen molar-refractivity contribution in [1.29, 1.82) is 0 Å². The SMILES string of the molecule is CCOC(=O)CN(C)C(=O)Cn1c(C)cc2ccccc21. The van der Waals surface area contributed by atoms with Crippen LogP contribution >= 0.6 is 0 Å². The maximum atomic E-state index is 12.2.